The molecule has 3 heterocycles. The van der Waals surface area contributed by atoms with Gasteiger partial charge in [0.15, 0.2) is 0 Å². The summed E-state index contributed by atoms with van der Waals surface area (Å²) < 4.78 is 2.02. The molecule has 0 unspecified atom stereocenters. The summed E-state index contributed by atoms with van der Waals surface area (Å²) in [6, 6.07) is 2.06. The first-order valence-corrected chi connectivity index (χ1v) is 7.14. The number of fused-ring (bicyclic) bond motifs is 1. The van der Waals surface area contributed by atoms with Crippen molar-refractivity contribution in [1.82, 2.24) is 19.3 Å². The third kappa shape index (κ3) is 2.21. The molecule has 0 aliphatic carbocycles. The smallest absolute Gasteiger partial charge is 0.234 e. The van der Waals surface area contributed by atoms with Crippen molar-refractivity contribution in [3.63, 3.8) is 0 Å². The number of nitrogens with zero attached hydrogens (tertiary/aromatic N) is 4. The first kappa shape index (κ1) is 13.5. The Hall–Kier alpha value is -1.46. The van der Waals surface area contributed by atoms with E-state index in [1.54, 1.807) is 0 Å². The average molecular weight is 274 g/mol. The van der Waals surface area contributed by atoms with Crippen LogP contribution in [0.15, 0.2) is 12.3 Å². The van der Waals surface area contributed by atoms with Crippen LogP contribution < -0.4 is 0 Å². The molecule has 0 aromatic carbocycles. The number of aryl methyl sites for hydroxylation is 2. The van der Waals surface area contributed by atoms with Crippen LogP contribution in [0.4, 0.5) is 0 Å². The summed E-state index contributed by atoms with van der Waals surface area (Å²) in [7, 11) is 0. The summed E-state index contributed by atoms with van der Waals surface area (Å²) in [4.78, 5) is 11.3. The second-order valence-corrected chi connectivity index (χ2v) is 6.34. The lowest BCUT2D eigenvalue weighted by Gasteiger charge is -2.48. The summed E-state index contributed by atoms with van der Waals surface area (Å²) in [6.45, 7) is 10.4. The Labute approximate surface area is 119 Å². The van der Waals surface area contributed by atoms with E-state index in [0.717, 1.165) is 42.5 Å². The molecule has 2 aromatic heterocycles. The zero-order valence-corrected chi connectivity index (χ0v) is 12.6. The monoisotopic (exact) mass is 274 g/mol. The number of aromatic nitrogens is 3. The first-order valence-electron chi connectivity index (χ1n) is 7.14. The van der Waals surface area contributed by atoms with Gasteiger partial charge in [0.05, 0.1) is 11.3 Å². The van der Waals surface area contributed by atoms with Crippen molar-refractivity contribution < 1.29 is 5.11 Å². The Morgan fingerprint density at radius 1 is 1.30 bits per heavy atom. The van der Waals surface area contributed by atoms with Crippen molar-refractivity contribution in [3.8, 4) is 0 Å². The lowest BCUT2D eigenvalue weighted by molar-refractivity contribution is -0.131. The molecule has 1 N–H and O–H groups in total. The molecule has 1 aliphatic rings. The van der Waals surface area contributed by atoms with Gasteiger partial charge in [-0.1, -0.05) is 13.8 Å². The van der Waals surface area contributed by atoms with Gasteiger partial charge in [0, 0.05) is 37.2 Å². The van der Waals surface area contributed by atoms with Gasteiger partial charge in [0.1, 0.15) is 0 Å². The van der Waals surface area contributed by atoms with E-state index in [9.17, 15) is 5.11 Å². The second-order valence-electron chi connectivity index (χ2n) is 6.34. The van der Waals surface area contributed by atoms with Crippen LogP contribution in [0.5, 0.6) is 0 Å². The third-order valence-corrected chi connectivity index (χ3v) is 4.27. The van der Waals surface area contributed by atoms with Crippen LogP contribution in [0, 0.1) is 19.8 Å². The Morgan fingerprint density at radius 2 is 2.00 bits per heavy atom. The van der Waals surface area contributed by atoms with Crippen molar-refractivity contribution in [2.45, 2.75) is 39.8 Å². The number of hydrogen-bond acceptors (Lipinski definition) is 4. The fourth-order valence-electron chi connectivity index (χ4n) is 2.83. The molecule has 1 fully saturated rings. The predicted molar refractivity (Wildman–Crippen MR) is 77.5 cm³/mol. The van der Waals surface area contributed by atoms with Crippen molar-refractivity contribution in [2.75, 3.05) is 13.1 Å². The topological polar surface area (TPSA) is 53.7 Å². The van der Waals surface area contributed by atoms with E-state index >= 15 is 0 Å². The maximum Gasteiger partial charge on any atom is 0.234 e. The van der Waals surface area contributed by atoms with Crippen molar-refractivity contribution in [2.24, 2.45) is 5.92 Å². The highest BCUT2D eigenvalue weighted by Crippen LogP contribution is 2.29. The van der Waals surface area contributed by atoms with Crippen LogP contribution in [-0.4, -0.2) is 43.1 Å². The summed E-state index contributed by atoms with van der Waals surface area (Å²) in [5.41, 5.74) is 2.63. The zero-order chi connectivity index (χ0) is 14.5. The Bertz CT molecular complexity index is 641. The molecule has 5 heteroatoms. The maximum atomic E-state index is 10.3. The number of aliphatic hydroxyl groups is 1. The maximum absolute atomic E-state index is 10.3. The van der Waals surface area contributed by atoms with Gasteiger partial charge in [-0.2, -0.15) is 0 Å². The van der Waals surface area contributed by atoms with Gasteiger partial charge in [0.2, 0.25) is 5.78 Å². The van der Waals surface area contributed by atoms with Crippen LogP contribution in [-0.2, 0) is 6.54 Å². The largest absolute Gasteiger partial charge is 0.387 e. The normalized spacial score (nSPS) is 18.7. The van der Waals surface area contributed by atoms with Gasteiger partial charge in [-0.25, -0.2) is 9.97 Å². The fraction of sp³-hybridized carbons (Fsp3) is 0.600. The highest BCUT2D eigenvalue weighted by molar-refractivity contribution is 5.34. The molecule has 5 nitrogen and oxygen atoms in total. The van der Waals surface area contributed by atoms with Gasteiger partial charge in [0.25, 0.3) is 0 Å². The summed E-state index contributed by atoms with van der Waals surface area (Å²) in [5.74, 6) is 1.06. The molecule has 2 aromatic rings. The van der Waals surface area contributed by atoms with Crippen LogP contribution in [0.2, 0.25) is 0 Å². The van der Waals surface area contributed by atoms with Gasteiger partial charge in [-0.15, -0.1) is 0 Å². The van der Waals surface area contributed by atoms with Gasteiger partial charge < -0.3 is 5.11 Å². The van der Waals surface area contributed by atoms with Gasteiger partial charge in [-0.05, 0) is 25.8 Å². The lowest BCUT2D eigenvalue weighted by atomic mass is 9.83. The molecule has 1 saturated heterocycles. The first-order chi connectivity index (χ1) is 9.37. The van der Waals surface area contributed by atoms with E-state index < -0.39 is 5.60 Å². The zero-order valence-electron chi connectivity index (χ0n) is 12.6. The van der Waals surface area contributed by atoms with Crippen LogP contribution >= 0.6 is 0 Å². The Kier molecular flexibility index (Phi) is 3.06. The minimum absolute atomic E-state index is 0.298. The van der Waals surface area contributed by atoms with E-state index in [-0.39, 0.29) is 0 Å². The van der Waals surface area contributed by atoms with Crippen molar-refractivity contribution in [1.29, 1.82) is 0 Å². The van der Waals surface area contributed by atoms with Crippen LogP contribution in [0.3, 0.4) is 0 Å². The number of β-amino-alcohol motifs (C(OH)–C–C–N with tert-alkyl or cyclic N) is 1. The molecule has 20 heavy (non-hydrogen) atoms. The molecule has 0 saturated carbocycles. The number of likely N-dealkylation sites (tertiary alicyclic amines) is 1. The predicted octanol–water partition coefficient (Wildman–Crippen LogP) is 1.55. The molecule has 0 amide bonds. The van der Waals surface area contributed by atoms with E-state index in [1.807, 2.05) is 17.5 Å². The summed E-state index contributed by atoms with van der Waals surface area (Å²) >= 11 is 0. The SMILES string of the molecule is Cc1cc(C)n2cc(CN3CC(O)(C(C)C)C3)nc2n1. The fourth-order valence-corrected chi connectivity index (χ4v) is 2.83. The van der Waals surface area contributed by atoms with Crippen LogP contribution in [0.1, 0.15) is 30.9 Å². The number of hydrogen-bond donors (Lipinski definition) is 1. The minimum atomic E-state index is -0.524. The molecular formula is C15H22N4O. The second kappa shape index (κ2) is 4.53. The molecule has 108 valence electrons. The van der Waals surface area contributed by atoms with Crippen molar-refractivity contribution >= 4 is 5.78 Å². The number of imidazole rings is 1. The molecule has 0 spiro atoms. The third-order valence-electron chi connectivity index (χ3n) is 4.27. The van der Waals surface area contributed by atoms with Crippen molar-refractivity contribution in [3.05, 3.63) is 29.3 Å². The highest BCUT2D eigenvalue weighted by Gasteiger charge is 2.43. The molecule has 0 bridgehead atoms. The van der Waals surface area contributed by atoms with Gasteiger partial charge >= 0.3 is 0 Å². The quantitative estimate of drug-likeness (QED) is 0.922. The highest BCUT2D eigenvalue weighted by atomic mass is 16.3. The molecule has 0 radical (unpaired) electrons. The lowest BCUT2D eigenvalue weighted by Crippen LogP contribution is -2.63. The van der Waals surface area contributed by atoms with Crippen LogP contribution in [0.25, 0.3) is 5.78 Å². The van der Waals surface area contributed by atoms with E-state index in [4.69, 9.17) is 0 Å². The van der Waals surface area contributed by atoms with E-state index in [0.29, 0.717) is 5.92 Å². The van der Waals surface area contributed by atoms with E-state index in [2.05, 4.69) is 41.7 Å². The minimum Gasteiger partial charge on any atom is -0.387 e. The molecule has 3 rings (SSSR count). The number of rotatable bonds is 3. The Morgan fingerprint density at radius 3 is 2.65 bits per heavy atom. The molecular weight excluding hydrogens is 252 g/mol. The van der Waals surface area contributed by atoms with E-state index in [1.165, 1.54) is 0 Å². The average Bonchev–Trinajstić information content (AvgIpc) is 2.69. The summed E-state index contributed by atoms with van der Waals surface area (Å²) in [5, 5.41) is 10.3. The standard InChI is InChI=1S/C15H22N4O/c1-10(2)15(20)8-18(9-15)6-13-7-19-12(4)5-11(3)16-14(19)17-13/h5,7,10,20H,6,8-9H2,1-4H3. The summed E-state index contributed by atoms with van der Waals surface area (Å²) in [6.07, 6.45) is 2.05. The molecule has 1 aliphatic heterocycles. The Balaban J connectivity index is 1.75. The van der Waals surface area contributed by atoms with Gasteiger partial charge in [-0.3, -0.25) is 9.30 Å². The molecule has 0 atom stereocenters.